The Morgan fingerprint density at radius 3 is 2.71 bits per heavy atom. The molecule has 2 saturated heterocycles. The fourth-order valence-corrected chi connectivity index (χ4v) is 5.31. The highest BCUT2D eigenvalue weighted by Crippen LogP contribution is 2.47. The van der Waals surface area contributed by atoms with E-state index in [1.807, 2.05) is 35.2 Å². The molecule has 2 N–H and O–H groups in total. The van der Waals surface area contributed by atoms with Gasteiger partial charge in [-0.3, -0.25) is 4.79 Å². The molecule has 31 heavy (non-hydrogen) atoms. The molecule has 7 heteroatoms. The lowest BCUT2D eigenvalue weighted by Gasteiger charge is -2.40. The average Bonchev–Trinajstić information content (AvgIpc) is 3.48. The van der Waals surface area contributed by atoms with E-state index in [0.717, 1.165) is 68.1 Å². The zero-order valence-electron chi connectivity index (χ0n) is 17.8. The van der Waals surface area contributed by atoms with Gasteiger partial charge in [-0.25, -0.2) is 9.97 Å². The van der Waals surface area contributed by atoms with Gasteiger partial charge in [-0.15, -0.1) is 0 Å². The van der Waals surface area contributed by atoms with Gasteiger partial charge in [0.15, 0.2) is 5.82 Å². The largest absolute Gasteiger partial charge is 0.395 e. The first-order valence-electron chi connectivity index (χ1n) is 11.4. The molecule has 2 aromatic rings. The van der Waals surface area contributed by atoms with E-state index < -0.39 is 0 Å². The number of aliphatic hydroxyl groups is 1. The predicted molar refractivity (Wildman–Crippen MR) is 118 cm³/mol. The van der Waals surface area contributed by atoms with E-state index in [2.05, 4.69) is 5.32 Å². The Labute approximate surface area is 182 Å². The zero-order chi connectivity index (χ0) is 21.3. The van der Waals surface area contributed by atoms with Crippen molar-refractivity contribution in [2.75, 3.05) is 44.8 Å². The first kappa shape index (κ1) is 20.4. The first-order chi connectivity index (χ1) is 15.2. The van der Waals surface area contributed by atoms with Gasteiger partial charge in [-0.05, 0) is 32.1 Å². The lowest BCUT2D eigenvalue weighted by Crippen LogP contribution is -2.46. The summed E-state index contributed by atoms with van der Waals surface area (Å²) < 4.78 is 5.42. The maximum absolute atomic E-state index is 12.8. The number of nitrogens with one attached hydrogen (secondary N) is 1. The summed E-state index contributed by atoms with van der Waals surface area (Å²) in [5.74, 6) is 1.86. The number of anilines is 1. The normalized spacial score (nSPS) is 22.0. The van der Waals surface area contributed by atoms with Crippen LogP contribution in [0.1, 0.15) is 36.9 Å². The lowest BCUT2D eigenvalue weighted by molar-refractivity contribution is -0.137. The zero-order valence-corrected chi connectivity index (χ0v) is 17.8. The molecule has 1 spiro atoms. The van der Waals surface area contributed by atoms with Crippen molar-refractivity contribution in [1.29, 1.82) is 0 Å². The quantitative estimate of drug-likeness (QED) is 0.769. The van der Waals surface area contributed by atoms with Crippen molar-refractivity contribution in [3.63, 3.8) is 0 Å². The highest BCUT2D eigenvalue weighted by molar-refractivity contribution is 5.79. The number of hydrogen-bond acceptors (Lipinski definition) is 6. The van der Waals surface area contributed by atoms with Crippen LogP contribution >= 0.6 is 0 Å². The van der Waals surface area contributed by atoms with E-state index in [1.165, 1.54) is 5.56 Å². The minimum Gasteiger partial charge on any atom is -0.395 e. The molecule has 0 saturated carbocycles. The standard InChI is InChI=1S/C24H30N4O3/c29-14-11-25-22-19-6-8-24(20(19)26-21(27-22)17-4-2-1-3-5-17)9-12-28(13-10-24)23(30)18-7-15-31-16-18/h1-5,18,29H,6-16H2,(H,25,26,27). The molecule has 3 heterocycles. The molecule has 5 rings (SSSR count). The topological polar surface area (TPSA) is 87.6 Å². The molecule has 1 amide bonds. The van der Waals surface area contributed by atoms with Crippen LogP contribution in [-0.2, 0) is 21.4 Å². The van der Waals surface area contributed by atoms with Crippen molar-refractivity contribution in [3.8, 4) is 11.4 Å². The molecule has 0 bridgehead atoms. The Balaban J connectivity index is 1.43. The molecule has 164 valence electrons. The van der Waals surface area contributed by atoms with Crippen molar-refractivity contribution in [2.45, 2.75) is 37.5 Å². The SMILES string of the molecule is O=C(C1CCOC1)N1CCC2(CCc3c(NCCO)nc(-c4ccccc4)nc32)CC1. The van der Waals surface area contributed by atoms with E-state index in [9.17, 15) is 9.90 Å². The summed E-state index contributed by atoms with van der Waals surface area (Å²) in [6.07, 6.45) is 4.69. The number of nitrogens with zero attached hydrogens (tertiary/aromatic N) is 3. The number of carbonyl (C=O) groups is 1. The van der Waals surface area contributed by atoms with Gasteiger partial charge in [0.1, 0.15) is 5.82 Å². The fourth-order valence-electron chi connectivity index (χ4n) is 5.31. The van der Waals surface area contributed by atoms with E-state index >= 15 is 0 Å². The van der Waals surface area contributed by atoms with Crippen LogP contribution in [0.5, 0.6) is 0 Å². The van der Waals surface area contributed by atoms with Crippen LogP contribution in [-0.4, -0.2) is 65.3 Å². The number of rotatable bonds is 5. The smallest absolute Gasteiger partial charge is 0.228 e. The Morgan fingerprint density at radius 1 is 1.19 bits per heavy atom. The number of fused-ring (bicyclic) bond motifs is 2. The monoisotopic (exact) mass is 422 g/mol. The third-order valence-electron chi connectivity index (χ3n) is 7.11. The number of benzene rings is 1. The molecule has 1 aromatic carbocycles. The van der Waals surface area contributed by atoms with Crippen molar-refractivity contribution in [2.24, 2.45) is 5.92 Å². The minimum atomic E-state index is 0.000401. The summed E-state index contributed by atoms with van der Waals surface area (Å²) in [6.45, 7) is 3.35. The fraction of sp³-hybridized carbons (Fsp3) is 0.542. The van der Waals surface area contributed by atoms with Gasteiger partial charge in [0, 0.05) is 42.8 Å². The van der Waals surface area contributed by atoms with Gasteiger partial charge in [0.05, 0.1) is 24.8 Å². The highest BCUT2D eigenvalue weighted by atomic mass is 16.5. The third kappa shape index (κ3) is 3.81. The molecular weight excluding hydrogens is 392 g/mol. The Bertz CT molecular complexity index is 935. The second-order valence-corrected chi connectivity index (χ2v) is 8.91. The Hall–Kier alpha value is -2.51. The van der Waals surface area contributed by atoms with E-state index in [0.29, 0.717) is 19.8 Å². The molecule has 1 atom stereocenters. The van der Waals surface area contributed by atoms with E-state index in [4.69, 9.17) is 14.7 Å². The van der Waals surface area contributed by atoms with Crippen LogP contribution in [0.25, 0.3) is 11.4 Å². The Kier molecular flexibility index (Phi) is 5.63. The van der Waals surface area contributed by atoms with Crippen molar-refractivity contribution in [1.82, 2.24) is 14.9 Å². The first-order valence-corrected chi connectivity index (χ1v) is 11.4. The number of amides is 1. The molecule has 0 radical (unpaired) electrons. The molecule has 7 nitrogen and oxygen atoms in total. The summed E-state index contributed by atoms with van der Waals surface area (Å²) in [6, 6.07) is 10.1. The van der Waals surface area contributed by atoms with Crippen LogP contribution in [0.2, 0.25) is 0 Å². The molecule has 3 aliphatic rings. The number of likely N-dealkylation sites (tertiary alicyclic amines) is 1. The predicted octanol–water partition coefficient (Wildman–Crippen LogP) is 2.39. The van der Waals surface area contributed by atoms with Crippen LogP contribution in [0, 0.1) is 5.92 Å². The molecule has 1 aromatic heterocycles. The number of carbonyl (C=O) groups excluding carboxylic acids is 1. The number of aliphatic hydroxyl groups excluding tert-OH is 1. The van der Waals surface area contributed by atoms with Crippen molar-refractivity contribution < 1.29 is 14.6 Å². The van der Waals surface area contributed by atoms with E-state index in [-0.39, 0.29) is 23.8 Å². The average molecular weight is 423 g/mol. The molecule has 1 aliphatic carbocycles. The number of ether oxygens (including phenoxy) is 1. The third-order valence-corrected chi connectivity index (χ3v) is 7.11. The number of hydrogen-bond donors (Lipinski definition) is 2. The lowest BCUT2D eigenvalue weighted by atomic mass is 9.76. The van der Waals surface area contributed by atoms with Crippen LogP contribution in [0.4, 0.5) is 5.82 Å². The minimum absolute atomic E-state index is 0.000401. The number of piperidine rings is 1. The van der Waals surface area contributed by atoms with Gasteiger partial charge in [0.25, 0.3) is 0 Å². The van der Waals surface area contributed by atoms with Gasteiger partial charge in [-0.2, -0.15) is 0 Å². The summed E-state index contributed by atoms with van der Waals surface area (Å²) in [5.41, 5.74) is 3.31. The second kappa shape index (κ2) is 8.55. The molecular formula is C24H30N4O3. The summed E-state index contributed by atoms with van der Waals surface area (Å²) in [4.78, 5) is 24.8. The number of aromatic nitrogens is 2. The van der Waals surface area contributed by atoms with Crippen molar-refractivity contribution in [3.05, 3.63) is 41.6 Å². The van der Waals surface area contributed by atoms with Gasteiger partial charge in [0.2, 0.25) is 5.91 Å². The van der Waals surface area contributed by atoms with Crippen LogP contribution in [0.3, 0.4) is 0 Å². The summed E-state index contributed by atoms with van der Waals surface area (Å²) in [7, 11) is 0. The Morgan fingerprint density at radius 2 is 2.00 bits per heavy atom. The maximum Gasteiger partial charge on any atom is 0.228 e. The van der Waals surface area contributed by atoms with Crippen molar-refractivity contribution >= 4 is 11.7 Å². The summed E-state index contributed by atoms with van der Waals surface area (Å²) in [5, 5.41) is 12.6. The van der Waals surface area contributed by atoms with Gasteiger partial charge in [-0.1, -0.05) is 30.3 Å². The van der Waals surface area contributed by atoms with Gasteiger partial charge < -0.3 is 20.1 Å². The molecule has 2 fully saturated rings. The highest BCUT2D eigenvalue weighted by Gasteiger charge is 2.45. The van der Waals surface area contributed by atoms with E-state index in [1.54, 1.807) is 0 Å². The van der Waals surface area contributed by atoms with Gasteiger partial charge >= 0.3 is 0 Å². The summed E-state index contributed by atoms with van der Waals surface area (Å²) >= 11 is 0. The van der Waals surface area contributed by atoms with Crippen LogP contribution in [0.15, 0.2) is 30.3 Å². The van der Waals surface area contributed by atoms with Crippen LogP contribution < -0.4 is 5.32 Å². The molecule has 2 aliphatic heterocycles. The second-order valence-electron chi connectivity index (χ2n) is 8.91. The maximum atomic E-state index is 12.8. The molecule has 1 unspecified atom stereocenters.